The Bertz CT molecular complexity index is 1190. The molecule has 2 aromatic heterocycles. The van der Waals surface area contributed by atoms with Crippen LogP contribution in [0.4, 0.5) is 11.4 Å². The molecule has 0 amide bonds. The van der Waals surface area contributed by atoms with Gasteiger partial charge in [-0.3, -0.25) is 19.6 Å². The van der Waals surface area contributed by atoms with E-state index in [1.165, 1.54) is 12.2 Å². The number of anilines is 2. The number of carbonyl (C=O) groups excluding carboxylic acids is 2. The van der Waals surface area contributed by atoms with E-state index in [4.69, 9.17) is 0 Å². The van der Waals surface area contributed by atoms with Crippen LogP contribution in [0.15, 0.2) is 122 Å². The average molecular weight is 447 g/mol. The number of nitrogens with one attached hydrogen (secondary N) is 2. The molecule has 0 bridgehead atoms. The van der Waals surface area contributed by atoms with Gasteiger partial charge in [0, 0.05) is 71.8 Å². The average Bonchev–Trinajstić information content (AvgIpc) is 2.90. The summed E-state index contributed by atoms with van der Waals surface area (Å²) in [6.07, 6.45) is 12.6. The molecule has 2 heterocycles. The second kappa shape index (κ2) is 11.2. The van der Waals surface area contributed by atoms with E-state index in [0.717, 1.165) is 22.5 Å². The van der Waals surface area contributed by atoms with Gasteiger partial charge in [0.15, 0.2) is 11.6 Å². The third-order valence-corrected chi connectivity index (χ3v) is 4.96. The fourth-order valence-electron chi connectivity index (χ4n) is 3.15. The zero-order valence-electron chi connectivity index (χ0n) is 18.3. The number of hydrogen-bond donors (Lipinski definition) is 2. The van der Waals surface area contributed by atoms with E-state index in [-0.39, 0.29) is 11.6 Å². The first-order valence-electron chi connectivity index (χ1n) is 10.6. The summed E-state index contributed by atoms with van der Waals surface area (Å²) >= 11 is 0. The van der Waals surface area contributed by atoms with Crippen LogP contribution in [-0.2, 0) is 0 Å². The molecular formula is C28H22N4O2. The topological polar surface area (TPSA) is 84.0 Å². The van der Waals surface area contributed by atoms with E-state index in [1.54, 1.807) is 61.5 Å². The highest BCUT2D eigenvalue weighted by Gasteiger charge is 2.02. The van der Waals surface area contributed by atoms with Gasteiger partial charge in [0.05, 0.1) is 0 Å². The number of hydrogen-bond acceptors (Lipinski definition) is 6. The third kappa shape index (κ3) is 6.11. The van der Waals surface area contributed by atoms with Crippen molar-refractivity contribution in [3.63, 3.8) is 0 Å². The number of ketones is 2. The number of nitrogens with zero attached hydrogens (tertiary/aromatic N) is 2. The second-order valence-corrected chi connectivity index (χ2v) is 7.32. The Balaban J connectivity index is 1.30. The highest BCUT2D eigenvalue weighted by Crippen LogP contribution is 2.23. The normalized spacial score (nSPS) is 10.9. The minimum Gasteiger partial charge on any atom is -0.362 e. The van der Waals surface area contributed by atoms with Gasteiger partial charge in [0.1, 0.15) is 0 Å². The lowest BCUT2D eigenvalue weighted by molar-refractivity contribution is 0.103. The minimum absolute atomic E-state index is 0.109. The summed E-state index contributed by atoms with van der Waals surface area (Å²) in [5.74, 6) is -0.218. The first-order valence-corrected chi connectivity index (χ1v) is 10.6. The number of aromatic nitrogens is 2. The maximum Gasteiger partial charge on any atom is 0.188 e. The summed E-state index contributed by atoms with van der Waals surface area (Å²) in [5, 5.41) is 6.21. The number of pyridine rings is 2. The lowest BCUT2D eigenvalue weighted by Gasteiger charge is -2.06. The Morgan fingerprint density at radius 2 is 1.00 bits per heavy atom. The summed E-state index contributed by atoms with van der Waals surface area (Å²) in [5.41, 5.74) is 4.97. The van der Waals surface area contributed by atoms with Crippen molar-refractivity contribution in [2.24, 2.45) is 0 Å². The van der Waals surface area contributed by atoms with Crippen LogP contribution in [0.25, 0.3) is 11.1 Å². The van der Waals surface area contributed by atoms with Gasteiger partial charge in [-0.2, -0.15) is 0 Å². The van der Waals surface area contributed by atoms with Gasteiger partial charge in [0.25, 0.3) is 0 Å². The molecule has 166 valence electrons. The molecule has 0 unspecified atom stereocenters. The van der Waals surface area contributed by atoms with Crippen molar-refractivity contribution in [1.29, 1.82) is 0 Å². The highest BCUT2D eigenvalue weighted by atomic mass is 16.1. The first-order chi connectivity index (χ1) is 16.7. The van der Waals surface area contributed by atoms with E-state index in [0.29, 0.717) is 11.1 Å². The summed E-state index contributed by atoms with van der Waals surface area (Å²) in [6.45, 7) is 0. The fourth-order valence-corrected chi connectivity index (χ4v) is 3.15. The summed E-state index contributed by atoms with van der Waals surface area (Å²) in [7, 11) is 0. The van der Waals surface area contributed by atoms with E-state index >= 15 is 0 Å². The van der Waals surface area contributed by atoms with Crippen molar-refractivity contribution >= 4 is 22.9 Å². The van der Waals surface area contributed by atoms with Gasteiger partial charge in [-0.15, -0.1) is 0 Å². The Kier molecular flexibility index (Phi) is 7.33. The molecular weight excluding hydrogens is 424 g/mol. The van der Waals surface area contributed by atoms with Crippen LogP contribution in [0.3, 0.4) is 0 Å². The molecule has 0 spiro atoms. The van der Waals surface area contributed by atoms with Crippen LogP contribution in [0.5, 0.6) is 0 Å². The van der Waals surface area contributed by atoms with Gasteiger partial charge in [-0.1, -0.05) is 24.3 Å². The van der Waals surface area contributed by atoms with Gasteiger partial charge in [-0.25, -0.2) is 0 Å². The molecule has 34 heavy (non-hydrogen) atoms. The van der Waals surface area contributed by atoms with Crippen LogP contribution < -0.4 is 10.6 Å². The SMILES string of the molecule is O=C(/C=C\Nc1ccc(-c2ccc(N/C=C\C(=O)c3cccnc3)cc2)cc1)c1cccnc1. The number of benzene rings is 2. The Labute approximate surface area is 197 Å². The van der Waals surface area contributed by atoms with Gasteiger partial charge in [0.2, 0.25) is 0 Å². The van der Waals surface area contributed by atoms with Crippen molar-refractivity contribution in [2.75, 3.05) is 10.6 Å². The van der Waals surface area contributed by atoms with E-state index < -0.39 is 0 Å². The zero-order chi connectivity index (χ0) is 23.6. The summed E-state index contributed by atoms with van der Waals surface area (Å²) in [4.78, 5) is 32.0. The monoisotopic (exact) mass is 446 g/mol. The van der Waals surface area contributed by atoms with Crippen molar-refractivity contribution in [3.05, 3.63) is 133 Å². The number of rotatable bonds is 9. The smallest absolute Gasteiger partial charge is 0.188 e. The Morgan fingerprint density at radius 3 is 1.35 bits per heavy atom. The quantitative estimate of drug-likeness (QED) is 0.251. The zero-order valence-corrected chi connectivity index (χ0v) is 18.3. The second-order valence-electron chi connectivity index (χ2n) is 7.32. The van der Waals surface area contributed by atoms with Crippen molar-refractivity contribution in [2.45, 2.75) is 0 Å². The van der Waals surface area contributed by atoms with Gasteiger partial charge < -0.3 is 10.6 Å². The van der Waals surface area contributed by atoms with Crippen molar-refractivity contribution in [3.8, 4) is 11.1 Å². The van der Waals surface area contributed by atoms with Crippen LogP contribution >= 0.6 is 0 Å². The van der Waals surface area contributed by atoms with Crippen LogP contribution in [0, 0.1) is 0 Å². The molecule has 2 N–H and O–H groups in total. The van der Waals surface area contributed by atoms with Crippen LogP contribution in [0.1, 0.15) is 20.7 Å². The predicted octanol–water partition coefficient (Wildman–Crippen LogP) is 5.76. The number of carbonyl (C=O) groups is 2. The first kappa shape index (κ1) is 22.4. The molecule has 4 aromatic rings. The molecule has 6 nitrogen and oxygen atoms in total. The maximum atomic E-state index is 12.1. The van der Waals surface area contributed by atoms with E-state index in [1.807, 2.05) is 48.5 Å². The number of allylic oxidation sites excluding steroid dienone is 2. The van der Waals surface area contributed by atoms with E-state index in [9.17, 15) is 9.59 Å². The molecule has 6 heteroatoms. The lowest BCUT2D eigenvalue weighted by Crippen LogP contribution is -1.96. The molecule has 0 aliphatic heterocycles. The molecule has 0 saturated heterocycles. The standard InChI is InChI=1S/C28H22N4O2/c33-27(23-3-1-15-29-19-23)13-17-31-25-9-5-21(6-10-25)22-7-11-26(12-8-22)32-18-14-28(34)24-4-2-16-30-20-24/h1-20,31-32H/b17-13-,18-14-. The van der Waals surface area contributed by atoms with Crippen LogP contribution in [0.2, 0.25) is 0 Å². The highest BCUT2D eigenvalue weighted by molar-refractivity contribution is 6.04. The van der Waals surface area contributed by atoms with E-state index in [2.05, 4.69) is 20.6 Å². The Morgan fingerprint density at radius 1 is 0.588 bits per heavy atom. The lowest BCUT2D eigenvalue weighted by atomic mass is 10.1. The van der Waals surface area contributed by atoms with Crippen molar-refractivity contribution < 1.29 is 9.59 Å². The van der Waals surface area contributed by atoms with Gasteiger partial charge >= 0.3 is 0 Å². The Hall–Kier alpha value is -4.84. The molecule has 0 saturated carbocycles. The molecule has 0 aliphatic carbocycles. The third-order valence-electron chi connectivity index (χ3n) is 4.96. The fraction of sp³-hybridized carbons (Fsp3) is 0. The molecule has 0 aliphatic rings. The summed E-state index contributed by atoms with van der Waals surface area (Å²) in [6, 6.07) is 22.8. The molecule has 0 radical (unpaired) electrons. The van der Waals surface area contributed by atoms with Crippen molar-refractivity contribution in [1.82, 2.24) is 9.97 Å². The molecule has 0 fully saturated rings. The molecule has 4 rings (SSSR count). The van der Waals surface area contributed by atoms with Crippen LogP contribution in [-0.4, -0.2) is 21.5 Å². The van der Waals surface area contributed by atoms with Gasteiger partial charge in [-0.05, 0) is 59.7 Å². The summed E-state index contributed by atoms with van der Waals surface area (Å²) < 4.78 is 0. The largest absolute Gasteiger partial charge is 0.362 e. The molecule has 0 atom stereocenters. The maximum absolute atomic E-state index is 12.1. The predicted molar refractivity (Wildman–Crippen MR) is 135 cm³/mol. The molecule has 2 aromatic carbocycles. The minimum atomic E-state index is -0.109.